The summed E-state index contributed by atoms with van der Waals surface area (Å²) in [4.78, 5) is 15.8. The van der Waals surface area contributed by atoms with Crippen molar-refractivity contribution in [2.75, 3.05) is 7.11 Å². The zero-order valence-electron chi connectivity index (χ0n) is 16.6. The molecular formula is C21H20F2N4O3. The van der Waals surface area contributed by atoms with Gasteiger partial charge in [-0.05, 0) is 24.1 Å². The Morgan fingerprint density at radius 3 is 2.77 bits per heavy atom. The van der Waals surface area contributed by atoms with Crippen molar-refractivity contribution in [2.24, 2.45) is 0 Å². The lowest BCUT2D eigenvalue weighted by atomic mass is 9.99. The van der Waals surface area contributed by atoms with Crippen LogP contribution in [-0.2, 0) is 4.79 Å². The number of ether oxygens (including phenoxy) is 1. The third kappa shape index (κ3) is 3.16. The summed E-state index contributed by atoms with van der Waals surface area (Å²) in [5.41, 5.74) is 2.72. The number of rotatable bonds is 6. The molecule has 0 radical (unpaired) electrons. The van der Waals surface area contributed by atoms with Crippen LogP contribution in [0.3, 0.4) is 0 Å². The second-order valence-corrected chi connectivity index (χ2v) is 7.34. The number of aromatic nitrogens is 4. The highest BCUT2D eigenvalue weighted by Crippen LogP contribution is 2.40. The molecule has 0 bridgehead atoms. The number of nitrogens with zero attached hydrogens (tertiary/aromatic N) is 3. The van der Waals surface area contributed by atoms with Gasteiger partial charge in [0.05, 0.1) is 30.8 Å². The molecule has 156 valence electrons. The van der Waals surface area contributed by atoms with Gasteiger partial charge in [-0.25, -0.2) is 13.8 Å². The molecule has 0 saturated heterocycles. The Bertz CT molecular complexity index is 1260. The topological polar surface area (TPSA) is 93.0 Å². The lowest BCUT2D eigenvalue weighted by Crippen LogP contribution is -2.08. The molecule has 0 saturated carbocycles. The molecule has 0 aliphatic rings. The summed E-state index contributed by atoms with van der Waals surface area (Å²) in [6, 6.07) is 6.17. The molecule has 0 spiro atoms. The van der Waals surface area contributed by atoms with Gasteiger partial charge in [-0.15, -0.1) is 0 Å². The summed E-state index contributed by atoms with van der Waals surface area (Å²) >= 11 is 0. The Labute approximate surface area is 170 Å². The van der Waals surface area contributed by atoms with Gasteiger partial charge >= 0.3 is 5.97 Å². The van der Waals surface area contributed by atoms with E-state index in [1.54, 1.807) is 22.9 Å². The molecule has 0 aliphatic carbocycles. The summed E-state index contributed by atoms with van der Waals surface area (Å²) in [5, 5.41) is 16.6. The average molecular weight is 414 g/mol. The highest BCUT2D eigenvalue weighted by Gasteiger charge is 2.29. The molecule has 3 aromatic heterocycles. The molecular weight excluding hydrogens is 394 g/mol. The quantitative estimate of drug-likeness (QED) is 0.479. The maximum atomic E-state index is 15.3. The maximum absolute atomic E-state index is 15.3. The fraction of sp³-hybridized carbons (Fsp3) is 0.286. The molecule has 4 aromatic rings. The van der Waals surface area contributed by atoms with Gasteiger partial charge < -0.3 is 14.4 Å². The number of pyridine rings is 1. The van der Waals surface area contributed by atoms with Crippen LogP contribution in [0.4, 0.5) is 8.78 Å². The van der Waals surface area contributed by atoms with E-state index in [2.05, 4.69) is 15.2 Å². The molecule has 0 unspecified atom stereocenters. The van der Waals surface area contributed by atoms with E-state index < -0.39 is 24.4 Å². The monoisotopic (exact) mass is 414 g/mol. The Hall–Kier alpha value is -3.49. The summed E-state index contributed by atoms with van der Waals surface area (Å²) in [6.45, 7) is 3.77. The van der Waals surface area contributed by atoms with Crippen molar-refractivity contribution in [3.05, 3.63) is 47.5 Å². The molecule has 9 heteroatoms. The van der Waals surface area contributed by atoms with E-state index in [4.69, 9.17) is 9.84 Å². The number of aliphatic carboxylic acids is 1. The Balaban J connectivity index is 2.12. The molecule has 2 N–H and O–H groups in total. The van der Waals surface area contributed by atoms with Crippen molar-refractivity contribution in [1.82, 2.24) is 19.7 Å². The van der Waals surface area contributed by atoms with Crippen LogP contribution < -0.4 is 4.74 Å². The molecule has 0 fully saturated rings. The van der Waals surface area contributed by atoms with Crippen LogP contribution in [0.15, 0.2) is 30.5 Å². The van der Waals surface area contributed by atoms with Crippen molar-refractivity contribution in [3.63, 3.8) is 0 Å². The molecule has 7 nitrogen and oxygen atoms in total. The summed E-state index contributed by atoms with van der Waals surface area (Å²) in [7, 11) is 1.37. The Kier molecular flexibility index (Phi) is 4.89. The number of fused-ring (bicyclic) bond motifs is 2. The van der Waals surface area contributed by atoms with Crippen LogP contribution in [0.25, 0.3) is 27.8 Å². The second-order valence-electron chi connectivity index (χ2n) is 7.34. The van der Waals surface area contributed by atoms with Crippen molar-refractivity contribution in [2.45, 2.75) is 32.4 Å². The van der Waals surface area contributed by atoms with Crippen molar-refractivity contribution >= 4 is 28.0 Å². The zero-order valence-corrected chi connectivity index (χ0v) is 16.6. The summed E-state index contributed by atoms with van der Waals surface area (Å²) in [6.07, 6.45) is -0.851. The van der Waals surface area contributed by atoms with E-state index in [0.717, 1.165) is 0 Å². The van der Waals surface area contributed by atoms with Crippen LogP contribution in [0.5, 0.6) is 5.75 Å². The number of carboxylic acids is 1. The molecule has 1 atom stereocenters. The lowest BCUT2D eigenvalue weighted by Gasteiger charge is -2.17. The maximum Gasteiger partial charge on any atom is 0.306 e. The number of halogens is 2. The number of nitrogens with one attached hydrogen (secondary N) is 1. The second kappa shape index (κ2) is 7.40. The first-order chi connectivity index (χ1) is 14.3. The number of hydrogen-bond donors (Lipinski definition) is 2. The van der Waals surface area contributed by atoms with Crippen LogP contribution in [0.2, 0.25) is 0 Å². The van der Waals surface area contributed by atoms with E-state index in [0.29, 0.717) is 33.4 Å². The number of aromatic amines is 1. The normalized spacial score (nSPS) is 12.7. The van der Waals surface area contributed by atoms with Crippen molar-refractivity contribution in [1.29, 1.82) is 0 Å². The van der Waals surface area contributed by atoms with E-state index in [9.17, 15) is 9.18 Å². The minimum absolute atomic E-state index is 0.0466. The first-order valence-electron chi connectivity index (χ1n) is 9.40. The molecule has 0 amide bonds. The Morgan fingerprint density at radius 2 is 2.10 bits per heavy atom. The molecule has 4 rings (SSSR count). The van der Waals surface area contributed by atoms with Crippen LogP contribution >= 0.6 is 0 Å². The molecule has 0 aliphatic heterocycles. The number of H-pyrrole nitrogens is 1. The minimum atomic E-state index is -1.76. The van der Waals surface area contributed by atoms with Gasteiger partial charge in [0, 0.05) is 28.4 Å². The van der Waals surface area contributed by atoms with Gasteiger partial charge in [0.1, 0.15) is 6.17 Å². The fourth-order valence-electron chi connectivity index (χ4n) is 3.81. The third-order valence-corrected chi connectivity index (χ3v) is 5.03. The van der Waals surface area contributed by atoms with Gasteiger partial charge in [-0.1, -0.05) is 13.8 Å². The van der Waals surface area contributed by atoms with Gasteiger partial charge in [-0.3, -0.25) is 9.89 Å². The predicted molar refractivity (Wildman–Crippen MR) is 107 cm³/mol. The van der Waals surface area contributed by atoms with E-state index >= 15 is 4.39 Å². The van der Waals surface area contributed by atoms with Crippen molar-refractivity contribution < 1.29 is 23.4 Å². The van der Waals surface area contributed by atoms with Gasteiger partial charge in [-0.2, -0.15) is 5.10 Å². The number of carbonyl (C=O) groups is 1. The number of carboxylic acid groups (broad SMARTS) is 1. The van der Waals surface area contributed by atoms with E-state index in [1.165, 1.54) is 19.2 Å². The van der Waals surface area contributed by atoms with Crippen LogP contribution in [0, 0.1) is 5.82 Å². The van der Waals surface area contributed by atoms with E-state index in [1.807, 2.05) is 13.8 Å². The number of alkyl halides is 1. The highest BCUT2D eigenvalue weighted by atomic mass is 19.1. The summed E-state index contributed by atoms with van der Waals surface area (Å²) < 4.78 is 36.2. The zero-order chi connectivity index (χ0) is 21.6. The molecule has 30 heavy (non-hydrogen) atoms. The number of benzene rings is 1. The van der Waals surface area contributed by atoms with Crippen LogP contribution in [0.1, 0.15) is 43.6 Å². The fourth-order valence-corrected chi connectivity index (χ4v) is 3.81. The van der Waals surface area contributed by atoms with E-state index in [-0.39, 0.29) is 17.2 Å². The summed E-state index contributed by atoms with van der Waals surface area (Å²) in [5.74, 6) is -1.89. The number of methoxy groups -OCH3 is 1. The molecule has 1 aromatic carbocycles. The van der Waals surface area contributed by atoms with Gasteiger partial charge in [0.2, 0.25) is 0 Å². The van der Waals surface area contributed by atoms with Gasteiger partial charge in [0.25, 0.3) is 0 Å². The largest absolute Gasteiger partial charge is 0.494 e. The Morgan fingerprint density at radius 1 is 1.33 bits per heavy atom. The smallest absolute Gasteiger partial charge is 0.306 e. The number of hydrogen-bond acceptors (Lipinski definition) is 4. The first kappa shape index (κ1) is 19.8. The van der Waals surface area contributed by atoms with Gasteiger partial charge in [0.15, 0.2) is 17.2 Å². The predicted octanol–water partition coefficient (Wildman–Crippen LogP) is 4.66. The standard InChI is InChI=1S/C21H20F2N4O3/c1-10(2)20-18(14(23)8-17(28)29)19-15(6-11-9-24-26-21(11)25-19)27(20)12-4-5-13(22)16(7-12)30-3/h4-7,9-10,14H,8H2,1-3H3,(H,28,29)(H,24,25,26)/t14-/m0/s1. The third-order valence-electron chi connectivity index (χ3n) is 5.03. The van der Waals surface area contributed by atoms with Crippen molar-refractivity contribution in [3.8, 4) is 11.4 Å². The average Bonchev–Trinajstić information content (AvgIpc) is 3.27. The lowest BCUT2D eigenvalue weighted by molar-refractivity contribution is -0.138. The SMILES string of the molecule is COc1cc(-n2c(C(C)C)c([C@@H](F)CC(=O)O)c3nc4[nH]ncc4cc32)ccc1F. The highest BCUT2D eigenvalue weighted by molar-refractivity contribution is 5.94. The minimum Gasteiger partial charge on any atom is -0.494 e. The van der Waals surface area contributed by atoms with Crippen LogP contribution in [-0.4, -0.2) is 37.9 Å². The molecule has 3 heterocycles. The first-order valence-corrected chi connectivity index (χ1v) is 9.40.